The standard InChI is InChI=1S/C25H28FN5O2/c1-4-22(32)25-20(16(2)30(3)29-25)10-12-33-23-13-18(26)6-7-21(23)17-5-8-24-28-14-19(9-11-27)31(24)15-17/h5-8,13-15H,4,9-12,27H2,1-3H3. The van der Waals surface area contributed by atoms with Crippen LogP contribution in [-0.4, -0.2) is 38.1 Å². The lowest BCUT2D eigenvalue weighted by Gasteiger charge is -2.13. The Labute approximate surface area is 192 Å². The first-order valence-corrected chi connectivity index (χ1v) is 11.1. The molecule has 0 aliphatic rings. The number of pyridine rings is 1. The summed E-state index contributed by atoms with van der Waals surface area (Å²) in [7, 11) is 1.82. The van der Waals surface area contributed by atoms with Crippen molar-refractivity contribution in [2.24, 2.45) is 12.8 Å². The first kappa shape index (κ1) is 22.7. The summed E-state index contributed by atoms with van der Waals surface area (Å²) in [6.07, 6.45) is 5.38. The van der Waals surface area contributed by atoms with Crippen LogP contribution >= 0.6 is 0 Å². The number of halogens is 1. The van der Waals surface area contributed by atoms with E-state index in [4.69, 9.17) is 10.5 Å². The summed E-state index contributed by atoms with van der Waals surface area (Å²) in [4.78, 5) is 16.7. The van der Waals surface area contributed by atoms with Gasteiger partial charge < -0.3 is 14.9 Å². The fourth-order valence-electron chi connectivity index (χ4n) is 3.98. The Balaban J connectivity index is 1.61. The van der Waals surface area contributed by atoms with Gasteiger partial charge in [-0.05, 0) is 37.7 Å². The van der Waals surface area contributed by atoms with E-state index in [0.717, 1.165) is 33.7 Å². The monoisotopic (exact) mass is 449 g/mol. The van der Waals surface area contributed by atoms with E-state index < -0.39 is 0 Å². The van der Waals surface area contributed by atoms with Crippen molar-refractivity contribution in [1.82, 2.24) is 19.2 Å². The molecule has 3 aromatic heterocycles. The van der Waals surface area contributed by atoms with Crippen molar-refractivity contribution in [2.75, 3.05) is 13.2 Å². The molecule has 8 heteroatoms. The summed E-state index contributed by atoms with van der Waals surface area (Å²) in [5, 5.41) is 4.37. The Bertz CT molecular complexity index is 1310. The molecule has 1 aromatic carbocycles. The number of Topliss-reactive ketones (excluding diaryl/α,β-unsaturated/α-hetero) is 1. The topological polar surface area (TPSA) is 87.4 Å². The van der Waals surface area contributed by atoms with Crippen LogP contribution in [0.1, 0.15) is 40.8 Å². The summed E-state index contributed by atoms with van der Waals surface area (Å²) in [6.45, 7) is 4.57. The van der Waals surface area contributed by atoms with Crippen molar-refractivity contribution in [3.8, 4) is 16.9 Å². The van der Waals surface area contributed by atoms with Crippen LogP contribution in [0.3, 0.4) is 0 Å². The van der Waals surface area contributed by atoms with Gasteiger partial charge in [0.05, 0.1) is 6.61 Å². The molecular formula is C25H28FN5O2. The van der Waals surface area contributed by atoms with Gasteiger partial charge in [0.2, 0.25) is 0 Å². The first-order valence-electron chi connectivity index (χ1n) is 11.1. The van der Waals surface area contributed by atoms with Gasteiger partial charge in [0, 0.05) is 72.8 Å². The number of hydrogen-bond acceptors (Lipinski definition) is 5. The van der Waals surface area contributed by atoms with Gasteiger partial charge in [0.25, 0.3) is 0 Å². The molecule has 0 amide bonds. The van der Waals surface area contributed by atoms with Crippen molar-refractivity contribution in [1.29, 1.82) is 0 Å². The number of rotatable bonds is 9. The molecule has 0 aliphatic heterocycles. The zero-order valence-electron chi connectivity index (χ0n) is 19.1. The molecule has 3 heterocycles. The number of ketones is 1. The number of benzene rings is 1. The van der Waals surface area contributed by atoms with E-state index in [-0.39, 0.29) is 11.6 Å². The average molecular weight is 450 g/mol. The van der Waals surface area contributed by atoms with Crippen LogP contribution in [0.4, 0.5) is 4.39 Å². The van der Waals surface area contributed by atoms with Crippen molar-refractivity contribution < 1.29 is 13.9 Å². The summed E-state index contributed by atoms with van der Waals surface area (Å²) in [6, 6.07) is 8.39. The third-order valence-electron chi connectivity index (χ3n) is 5.89. The SMILES string of the molecule is CCC(=O)c1nn(C)c(C)c1CCOc1cc(F)ccc1-c1ccc2ncc(CCN)n2c1. The zero-order valence-corrected chi connectivity index (χ0v) is 19.1. The van der Waals surface area contributed by atoms with Crippen molar-refractivity contribution in [3.05, 3.63) is 71.2 Å². The molecule has 0 atom stereocenters. The van der Waals surface area contributed by atoms with Crippen molar-refractivity contribution in [3.63, 3.8) is 0 Å². The molecule has 0 saturated heterocycles. The number of nitrogens with zero attached hydrogens (tertiary/aromatic N) is 4. The molecule has 4 aromatic rings. The maximum atomic E-state index is 14.1. The molecule has 4 rings (SSSR count). The fraction of sp³-hybridized carbons (Fsp3) is 0.320. The molecule has 0 saturated carbocycles. The number of hydrogen-bond donors (Lipinski definition) is 1. The number of imidazole rings is 1. The molecule has 172 valence electrons. The first-order chi connectivity index (χ1) is 15.9. The highest BCUT2D eigenvalue weighted by atomic mass is 19.1. The third kappa shape index (κ3) is 4.52. The minimum absolute atomic E-state index is 0.00191. The lowest BCUT2D eigenvalue weighted by Crippen LogP contribution is -2.08. The molecule has 0 bridgehead atoms. The van der Waals surface area contributed by atoms with Gasteiger partial charge in [-0.15, -0.1) is 0 Å². The highest BCUT2D eigenvalue weighted by Crippen LogP contribution is 2.31. The van der Waals surface area contributed by atoms with E-state index in [1.807, 2.05) is 49.8 Å². The van der Waals surface area contributed by atoms with E-state index in [2.05, 4.69) is 10.1 Å². The summed E-state index contributed by atoms with van der Waals surface area (Å²) in [5.41, 5.74) is 11.5. The number of aryl methyl sites for hydroxylation is 1. The summed E-state index contributed by atoms with van der Waals surface area (Å²) >= 11 is 0. The van der Waals surface area contributed by atoms with Gasteiger partial charge in [-0.25, -0.2) is 9.37 Å². The normalized spacial score (nSPS) is 11.3. The van der Waals surface area contributed by atoms with Gasteiger partial charge in [0.15, 0.2) is 5.78 Å². The fourth-order valence-corrected chi connectivity index (χ4v) is 3.98. The second-order valence-electron chi connectivity index (χ2n) is 7.99. The maximum Gasteiger partial charge on any atom is 0.183 e. The van der Waals surface area contributed by atoms with Gasteiger partial charge in [-0.3, -0.25) is 9.48 Å². The Kier molecular flexibility index (Phi) is 6.55. The summed E-state index contributed by atoms with van der Waals surface area (Å²) < 4.78 is 23.9. The van der Waals surface area contributed by atoms with Crippen LogP contribution < -0.4 is 10.5 Å². The van der Waals surface area contributed by atoms with Crippen molar-refractivity contribution >= 4 is 11.4 Å². The quantitative estimate of drug-likeness (QED) is 0.392. The third-order valence-corrected chi connectivity index (χ3v) is 5.89. The Morgan fingerprint density at radius 2 is 2.03 bits per heavy atom. The van der Waals surface area contributed by atoms with Gasteiger partial charge in [-0.1, -0.05) is 6.92 Å². The van der Waals surface area contributed by atoms with Crippen LogP contribution in [0.2, 0.25) is 0 Å². The van der Waals surface area contributed by atoms with Crippen LogP contribution in [0.5, 0.6) is 5.75 Å². The largest absolute Gasteiger partial charge is 0.492 e. The number of fused-ring (bicyclic) bond motifs is 1. The van der Waals surface area contributed by atoms with E-state index in [9.17, 15) is 9.18 Å². The molecular weight excluding hydrogens is 421 g/mol. The lowest BCUT2D eigenvalue weighted by molar-refractivity contribution is 0.0981. The number of ether oxygens (including phenoxy) is 1. The van der Waals surface area contributed by atoms with Crippen LogP contribution in [0, 0.1) is 12.7 Å². The molecule has 0 aliphatic carbocycles. The van der Waals surface area contributed by atoms with Crippen LogP contribution in [0.15, 0.2) is 42.7 Å². The average Bonchev–Trinajstić information content (AvgIpc) is 3.34. The smallest absolute Gasteiger partial charge is 0.183 e. The van der Waals surface area contributed by atoms with E-state index in [1.54, 1.807) is 10.7 Å². The Morgan fingerprint density at radius 3 is 2.79 bits per heavy atom. The number of nitrogens with two attached hydrogens (primary N) is 1. The molecule has 33 heavy (non-hydrogen) atoms. The predicted molar refractivity (Wildman–Crippen MR) is 125 cm³/mol. The number of carbonyl (C=O) groups excluding carboxylic acids is 1. The van der Waals surface area contributed by atoms with E-state index in [0.29, 0.717) is 43.9 Å². The minimum atomic E-state index is -0.374. The van der Waals surface area contributed by atoms with E-state index in [1.165, 1.54) is 12.1 Å². The predicted octanol–water partition coefficient (Wildman–Crippen LogP) is 3.90. The second kappa shape index (κ2) is 9.54. The van der Waals surface area contributed by atoms with Crippen molar-refractivity contribution in [2.45, 2.75) is 33.1 Å². The summed E-state index contributed by atoms with van der Waals surface area (Å²) in [5.74, 6) is 0.0718. The highest BCUT2D eigenvalue weighted by molar-refractivity contribution is 5.95. The van der Waals surface area contributed by atoms with Gasteiger partial charge >= 0.3 is 0 Å². The molecule has 0 unspecified atom stereocenters. The maximum absolute atomic E-state index is 14.1. The molecule has 2 N–H and O–H groups in total. The lowest BCUT2D eigenvalue weighted by atomic mass is 10.1. The highest BCUT2D eigenvalue weighted by Gasteiger charge is 2.18. The van der Waals surface area contributed by atoms with Gasteiger partial charge in [0.1, 0.15) is 22.9 Å². The zero-order chi connectivity index (χ0) is 23.5. The number of aromatic nitrogens is 4. The minimum Gasteiger partial charge on any atom is -0.492 e. The Hall–Kier alpha value is -3.52. The Morgan fingerprint density at radius 1 is 1.21 bits per heavy atom. The van der Waals surface area contributed by atoms with Gasteiger partial charge in [-0.2, -0.15) is 5.10 Å². The van der Waals surface area contributed by atoms with Crippen LogP contribution in [0.25, 0.3) is 16.8 Å². The number of carbonyl (C=O) groups is 1. The van der Waals surface area contributed by atoms with Crippen LogP contribution in [-0.2, 0) is 19.9 Å². The van der Waals surface area contributed by atoms with E-state index >= 15 is 0 Å². The molecule has 0 fully saturated rings. The molecule has 0 spiro atoms. The second-order valence-corrected chi connectivity index (χ2v) is 7.99. The molecule has 0 radical (unpaired) electrons. The molecule has 7 nitrogen and oxygen atoms in total.